The van der Waals surface area contributed by atoms with Gasteiger partial charge in [-0.1, -0.05) is 6.92 Å². The molecule has 114 valence electrons. The maximum absolute atomic E-state index is 12.5. The quantitative estimate of drug-likeness (QED) is 0.712. The number of amides is 2. The Hall–Kier alpha value is -1.14. The van der Waals surface area contributed by atoms with Crippen molar-refractivity contribution in [3.8, 4) is 0 Å². The highest BCUT2D eigenvalue weighted by molar-refractivity contribution is 5.88. The Morgan fingerprint density at radius 3 is 2.70 bits per heavy atom. The minimum Gasteiger partial charge on any atom is -0.372 e. The van der Waals surface area contributed by atoms with Crippen molar-refractivity contribution in [1.29, 1.82) is 0 Å². The number of nitrogens with one attached hydrogen (secondary N) is 1. The molecule has 2 fully saturated rings. The smallest absolute Gasteiger partial charge is 0.249 e. The van der Waals surface area contributed by atoms with E-state index in [9.17, 15) is 9.59 Å². The monoisotopic (exact) mass is 283 g/mol. The molecule has 0 radical (unpaired) electrons. The molecule has 1 N–H and O–H groups in total. The van der Waals surface area contributed by atoms with E-state index in [0.29, 0.717) is 13.2 Å². The number of piperazine rings is 1. The second kappa shape index (κ2) is 7.59. The predicted molar refractivity (Wildman–Crippen MR) is 75.3 cm³/mol. The van der Waals surface area contributed by atoms with E-state index in [2.05, 4.69) is 5.32 Å². The lowest BCUT2D eigenvalue weighted by molar-refractivity contribution is -0.146. The van der Waals surface area contributed by atoms with Crippen molar-refractivity contribution < 1.29 is 14.3 Å². The number of nitrogens with zero attached hydrogens (tertiary/aromatic N) is 2. The largest absolute Gasteiger partial charge is 0.372 e. The van der Waals surface area contributed by atoms with Crippen LogP contribution in [0, 0.1) is 0 Å². The number of likely N-dealkylation sites (tertiary alicyclic amines) is 1. The molecule has 1 unspecified atom stereocenters. The molecule has 0 spiro atoms. The van der Waals surface area contributed by atoms with Gasteiger partial charge in [0.15, 0.2) is 0 Å². The molecule has 0 aromatic carbocycles. The molecule has 2 aliphatic rings. The highest BCUT2D eigenvalue weighted by Crippen LogP contribution is 2.20. The summed E-state index contributed by atoms with van der Waals surface area (Å²) in [6.45, 7) is 6.54. The molecular weight excluding hydrogens is 258 g/mol. The van der Waals surface area contributed by atoms with Gasteiger partial charge >= 0.3 is 0 Å². The molecule has 2 saturated heterocycles. The molecule has 0 aromatic rings. The number of carbonyl (C=O) groups is 2. The normalized spacial score (nSPS) is 23.1. The highest BCUT2D eigenvalue weighted by atomic mass is 16.5. The maximum Gasteiger partial charge on any atom is 0.249 e. The van der Waals surface area contributed by atoms with Gasteiger partial charge in [-0.05, 0) is 19.3 Å². The summed E-state index contributed by atoms with van der Waals surface area (Å²) in [5.41, 5.74) is 0. The van der Waals surface area contributed by atoms with Crippen molar-refractivity contribution in [2.45, 2.75) is 32.2 Å². The zero-order valence-electron chi connectivity index (χ0n) is 12.3. The van der Waals surface area contributed by atoms with Gasteiger partial charge in [-0.15, -0.1) is 0 Å². The minimum absolute atomic E-state index is 0.0514. The van der Waals surface area contributed by atoms with Crippen LogP contribution in [0.1, 0.15) is 26.2 Å². The van der Waals surface area contributed by atoms with Crippen molar-refractivity contribution >= 4 is 11.8 Å². The zero-order valence-corrected chi connectivity index (χ0v) is 12.3. The van der Waals surface area contributed by atoms with E-state index < -0.39 is 0 Å². The summed E-state index contributed by atoms with van der Waals surface area (Å²) in [5.74, 6) is 0.0530. The fourth-order valence-corrected chi connectivity index (χ4v) is 2.80. The molecule has 0 aliphatic carbocycles. The zero-order chi connectivity index (χ0) is 14.4. The fourth-order valence-electron chi connectivity index (χ4n) is 2.80. The lowest BCUT2D eigenvalue weighted by Crippen LogP contribution is -2.53. The van der Waals surface area contributed by atoms with Crippen molar-refractivity contribution in [2.24, 2.45) is 0 Å². The molecule has 1 atom stereocenters. The van der Waals surface area contributed by atoms with Crippen molar-refractivity contribution in [3.63, 3.8) is 0 Å². The Labute approximate surface area is 120 Å². The second-order valence-electron chi connectivity index (χ2n) is 5.37. The summed E-state index contributed by atoms with van der Waals surface area (Å²) < 4.78 is 5.30. The van der Waals surface area contributed by atoms with Crippen molar-refractivity contribution in [1.82, 2.24) is 15.1 Å². The standard InChI is InChI=1S/C14H25N3O3/c1-2-10-20-11-13(18)17-7-3-4-12(17)14(19)16-8-5-15-6-9-16/h12,15H,2-11H2,1H3. The Kier molecular flexibility index (Phi) is 5.79. The number of carbonyl (C=O) groups excluding carboxylic acids is 2. The van der Waals surface area contributed by atoms with Crippen LogP contribution in [0.15, 0.2) is 0 Å². The van der Waals surface area contributed by atoms with E-state index in [1.807, 2.05) is 11.8 Å². The van der Waals surface area contributed by atoms with Crippen LogP contribution in [0.2, 0.25) is 0 Å². The van der Waals surface area contributed by atoms with Gasteiger partial charge in [0.1, 0.15) is 12.6 Å². The molecule has 2 amide bonds. The molecular formula is C14H25N3O3. The molecule has 0 saturated carbocycles. The summed E-state index contributed by atoms with van der Waals surface area (Å²) in [4.78, 5) is 28.2. The first kappa shape index (κ1) is 15.3. The molecule has 2 aliphatic heterocycles. The molecule has 6 nitrogen and oxygen atoms in total. The van der Waals surface area contributed by atoms with Gasteiger partial charge in [0.2, 0.25) is 11.8 Å². The van der Waals surface area contributed by atoms with Gasteiger partial charge in [-0.3, -0.25) is 9.59 Å². The molecule has 2 heterocycles. The highest BCUT2D eigenvalue weighted by Gasteiger charge is 2.36. The number of rotatable bonds is 5. The van der Waals surface area contributed by atoms with Crippen molar-refractivity contribution in [2.75, 3.05) is 45.9 Å². The van der Waals surface area contributed by atoms with E-state index in [4.69, 9.17) is 4.74 Å². The summed E-state index contributed by atoms with van der Waals surface area (Å²) in [6.07, 6.45) is 2.58. The Balaban J connectivity index is 1.88. The molecule has 20 heavy (non-hydrogen) atoms. The third-order valence-corrected chi connectivity index (χ3v) is 3.86. The van der Waals surface area contributed by atoms with E-state index in [0.717, 1.165) is 45.4 Å². The van der Waals surface area contributed by atoms with E-state index >= 15 is 0 Å². The Morgan fingerprint density at radius 2 is 2.00 bits per heavy atom. The van der Waals surface area contributed by atoms with Crippen LogP contribution in [0.3, 0.4) is 0 Å². The number of hydrogen-bond acceptors (Lipinski definition) is 4. The van der Waals surface area contributed by atoms with Crippen LogP contribution in [0.4, 0.5) is 0 Å². The molecule has 0 aromatic heterocycles. The van der Waals surface area contributed by atoms with Crippen LogP contribution in [-0.2, 0) is 14.3 Å². The van der Waals surface area contributed by atoms with E-state index in [1.54, 1.807) is 4.90 Å². The lowest BCUT2D eigenvalue weighted by Gasteiger charge is -2.32. The lowest BCUT2D eigenvalue weighted by atomic mass is 10.1. The third kappa shape index (κ3) is 3.70. The van der Waals surface area contributed by atoms with Gasteiger partial charge in [0.25, 0.3) is 0 Å². The number of ether oxygens (including phenoxy) is 1. The summed E-state index contributed by atoms with van der Waals surface area (Å²) >= 11 is 0. The van der Waals surface area contributed by atoms with Gasteiger partial charge < -0.3 is 19.9 Å². The Morgan fingerprint density at radius 1 is 1.25 bits per heavy atom. The van der Waals surface area contributed by atoms with Gasteiger partial charge in [-0.2, -0.15) is 0 Å². The summed E-state index contributed by atoms with van der Waals surface area (Å²) in [7, 11) is 0. The van der Waals surface area contributed by atoms with E-state index in [1.165, 1.54) is 0 Å². The molecule has 2 rings (SSSR count). The van der Waals surface area contributed by atoms with Gasteiger partial charge in [-0.25, -0.2) is 0 Å². The van der Waals surface area contributed by atoms with Gasteiger partial charge in [0.05, 0.1) is 0 Å². The first-order valence-electron chi connectivity index (χ1n) is 7.60. The second-order valence-corrected chi connectivity index (χ2v) is 5.37. The topological polar surface area (TPSA) is 61.9 Å². The molecule has 0 bridgehead atoms. The fraction of sp³-hybridized carbons (Fsp3) is 0.857. The minimum atomic E-state index is -0.272. The first-order valence-corrected chi connectivity index (χ1v) is 7.60. The Bertz CT molecular complexity index is 343. The summed E-state index contributed by atoms with van der Waals surface area (Å²) in [5, 5.41) is 3.23. The number of hydrogen-bond donors (Lipinski definition) is 1. The maximum atomic E-state index is 12.5. The average molecular weight is 283 g/mol. The third-order valence-electron chi connectivity index (χ3n) is 3.86. The average Bonchev–Trinajstić information content (AvgIpc) is 2.97. The van der Waals surface area contributed by atoms with E-state index in [-0.39, 0.29) is 24.5 Å². The molecule has 6 heteroatoms. The van der Waals surface area contributed by atoms with Crippen LogP contribution in [0.25, 0.3) is 0 Å². The van der Waals surface area contributed by atoms with Crippen LogP contribution in [-0.4, -0.2) is 73.6 Å². The van der Waals surface area contributed by atoms with Crippen LogP contribution < -0.4 is 5.32 Å². The van der Waals surface area contributed by atoms with Crippen LogP contribution >= 0.6 is 0 Å². The SMILES string of the molecule is CCCOCC(=O)N1CCCC1C(=O)N1CCNCC1. The first-order chi connectivity index (χ1) is 9.74. The van der Waals surface area contributed by atoms with Gasteiger partial charge in [0, 0.05) is 39.3 Å². The predicted octanol–water partition coefficient (Wildman–Crippen LogP) is -0.164. The van der Waals surface area contributed by atoms with Crippen LogP contribution in [0.5, 0.6) is 0 Å². The van der Waals surface area contributed by atoms with Crippen molar-refractivity contribution in [3.05, 3.63) is 0 Å². The summed E-state index contributed by atoms with van der Waals surface area (Å²) in [6, 6.07) is -0.272.